The second-order valence-electron chi connectivity index (χ2n) is 3.29. The Balaban J connectivity index is 3.06. The molecule has 7 heteroatoms. The summed E-state index contributed by atoms with van der Waals surface area (Å²) in [6, 6.07) is 3.08. The van der Waals surface area contributed by atoms with E-state index in [4.69, 9.17) is 5.73 Å². The molecule has 0 aliphatic heterocycles. The van der Waals surface area contributed by atoms with Crippen LogP contribution in [0.4, 0.5) is 14.5 Å². The lowest BCUT2D eigenvalue weighted by molar-refractivity contribution is 0.577. The van der Waals surface area contributed by atoms with Gasteiger partial charge in [-0.3, -0.25) is 4.72 Å². The number of hydrogen-bond acceptors (Lipinski definition) is 3. The average Bonchev–Trinajstić information content (AvgIpc) is 2.22. The van der Waals surface area contributed by atoms with Crippen molar-refractivity contribution >= 4 is 15.7 Å². The maximum Gasteiger partial charge on any atom is 0.236 e. The quantitative estimate of drug-likeness (QED) is 0.839. The molecule has 0 aliphatic carbocycles. The molecule has 1 aromatic carbocycles. The van der Waals surface area contributed by atoms with Crippen LogP contribution in [-0.2, 0) is 10.0 Å². The molecule has 0 bridgehead atoms. The van der Waals surface area contributed by atoms with Crippen LogP contribution in [-0.4, -0.2) is 20.2 Å². The number of hydrogen-bond donors (Lipinski definition) is 2. The molecule has 1 atom stereocenters. The lowest BCUT2D eigenvalue weighted by atomic mass is 10.3. The van der Waals surface area contributed by atoms with Crippen LogP contribution in [0.2, 0.25) is 0 Å². The van der Waals surface area contributed by atoms with Crippen molar-refractivity contribution in [3.8, 4) is 0 Å². The Morgan fingerprint density at radius 2 is 1.88 bits per heavy atom. The van der Waals surface area contributed by atoms with Gasteiger partial charge >= 0.3 is 0 Å². The lowest BCUT2D eigenvalue weighted by Crippen LogP contribution is -2.32. The molecule has 1 aromatic rings. The van der Waals surface area contributed by atoms with E-state index in [-0.39, 0.29) is 6.54 Å². The van der Waals surface area contributed by atoms with E-state index >= 15 is 0 Å². The molecule has 0 radical (unpaired) electrons. The van der Waals surface area contributed by atoms with Crippen LogP contribution in [0.15, 0.2) is 18.2 Å². The average molecular weight is 250 g/mol. The number of anilines is 1. The molecule has 0 aliphatic rings. The van der Waals surface area contributed by atoms with Crippen molar-refractivity contribution in [2.75, 3.05) is 11.3 Å². The summed E-state index contributed by atoms with van der Waals surface area (Å²) in [5.74, 6) is -1.93. The molecule has 0 fully saturated rings. The maximum absolute atomic E-state index is 13.1. The maximum atomic E-state index is 13.1. The van der Waals surface area contributed by atoms with Crippen molar-refractivity contribution in [2.45, 2.75) is 12.2 Å². The van der Waals surface area contributed by atoms with Crippen molar-refractivity contribution in [3.63, 3.8) is 0 Å². The summed E-state index contributed by atoms with van der Waals surface area (Å²) < 4.78 is 51.2. The number of halogens is 2. The minimum absolute atomic E-state index is 0.134. The number of nitrogens with one attached hydrogen (secondary N) is 1. The van der Waals surface area contributed by atoms with Crippen LogP contribution in [0.5, 0.6) is 0 Å². The highest BCUT2D eigenvalue weighted by atomic mass is 32.2. The molecule has 16 heavy (non-hydrogen) atoms. The third-order valence-corrected chi connectivity index (χ3v) is 3.81. The molecule has 0 heterocycles. The van der Waals surface area contributed by atoms with Gasteiger partial charge in [-0.05, 0) is 19.1 Å². The van der Waals surface area contributed by atoms with E-state index < -0.39 is 32.6 Å². The van der Waals surface area contributed by atoms with E-state index in [1.807, 2.05) is 4.72 Å². The Morgan fingerprint density at radius 3 is 2.31 bits per heavy atom. The first kappa shape index (κ1) is 12.9. The Labute approximate surface area is 92.5 Å². The van der Waals surface area contributed by atoms with Crippen LogP contribution >= 0.6 is 0 Å². The third-order valence-electron chi connectivity index (χ3n) is 2.07. The van der Waals surface area contributed by atoms with Crippen molar-refractivity contribution in [1.29, 1.82) is 0 Å². The summed E-state index contributed by atoms with van der Waals surface area (Å²) in [5, 5.41) is -0.925. The molecule has 0 spiro atoms. The summed E-state index contributed by atoms with van der Waals surface area (Å²) in [5.41, 5.74) is 4.50. The van der Waals surface area contributed by atoms with Gasteiger partial charge in [0, 0.05) is 6.54 Å². The molecule has 3 N–H and O–H groups in total. The molecule has 1 rings (SSSR count). The smallest absolute Gasteiger partial charge is 0.236 e. The first-order valence-electron chi connectivity index (χ1n) is 4.54. The summed E-state index contributed by atoms with van der Waals surface area (Å²) in [6.45, 7) is 1.21. The largest absolute Gasteiger partial charge is 0.329 e. The van der Waals surface area contributed by atoms with E-state index in [9.17, 15) is 17.2 Å². The van der Waals surface area contributed by atoms with Crippen molar-refractivity contribution in [3.05, 3.63) is 29.8 Å². The van der Waals surface area contributed by atoms with E-state index in [0.717, 1.165) is 18.2 Å². The van der Waals surface area contributed by atoms with Gasteiger partial charge in [-0.1, -0.05) is 6.07 Å². The Hall–Kier alpha value is -1.21. The van der Waals surface area contributed by atoms with Crippen LogP contribution < -0.4 is 10.5 Å². The van der Waals surface area contributed by atoms with Crippen molar-refractivity contribution in [2.24, 2.45) is 5.73 Å². The van der Waals surface area contributed by atoms with Gasteiger partial charge in [0.25, 0.3) is 0 Å². The molecule has 1 unspecified atom stereocenters. The van der Waals surface area contributed by atoms with Gasteiger partial charge in [0.05, 0.1) is 5.25 Å². The summed E-state index contributed by atoms with van der Waals surface area (Å²) >= 11 is 0. The molecule has 0 saturated carbocycles. The van der Waals surface area contributed by atoms with Crippen LogP contribution in [0.3, 0.4) is 0 Å². The normalized spacial score (nSPS) is 13.5. The van der Waals surface area contributed by atoms with Crippen LogP contribution in [0.25, 0.3) is 0 Å². The number of sulfonamides is 1. The summed E-state index contributed by atoms with van der Waals surface area (Å²) in [7, 11) is -3.86. The molecule has 4 nitrogen and oxygen atoms in total. The Morgan fingerprint density at radius 1 is 1.38 bits per heavy atom. The van der Waals surface area contributed by atoms with Gasteiger partial charge in [-0.2, -0.15) is 0 Å². The lowest BCUT2D eigenvalue weighted by Gasteiger charge is -2.13. The van der Waals surface area contributed by atoms with Gasteiger partial charge in [0.15, 0.2) is 0 Å². The minimum atomic E-state index is -3.86. The molecule has 0 amide bonds. The van der Waals surface area contributed by atoms with Gasteiger partial charge in [-0.25, -0.2) is 17.2 Å². The molecular formula is C9H12F2N2O2S. The van der Waals surface area contributed by atoms with E-state index in [0.29, 0.717) is 0 Å². The second-order valence-corrected chi connectivity index (χ2v) is 5.39. The third kappa shape index (κ3) is 2.67. The molecular weight excluding hydrogens is 238 g/mol. The van der Waals surface area contributed by atoms with Crippen molar-refractivity contribution in [1.82, 2.24) is 0 Å². The number of para-hydroxylation sites is 1. The number of benzene rings is 1. The SMILES string of the molecule is CC(CN)S(=O)(=O)Nc1c(F)cccc1F. The zero-order valence-corrected chi connectivity index (χ0v) is 9.39. The molecule has 90 valence electrons. The Kier molecular flexibility index (Phi) is 3.82. The molecule has 0 aromatic heterocycles. The van der Waals surface area contributed by atoms with Gasteiger partial charge in [-0.15, -0.1) is 0 Å². The topological polar surface area (TPSA) is 72.2 Å². The van der Waals surface area contributed by atoms with Gasteiger partial charge < -0.3 is 5.73 Å². The molecule has 0 saturated heterocycles. The second kappa shape index (κ2) is 4.75. The minimum Gasteiger partial charge on any atom is -0.329 e. The fourth-order valence-corrected chi connectivity index (χ4v) is 1.90. The highest BCUT2D eigenvalue weighted by Gasteiger charge is 2.22. The predicted molar refractivity (Wildman–Crippen MR) is 57.4 cm³/mol. The van der Waals surface area contributed by atoms with E-state index in [2.05, 4.69) is 0 Å². The first-order chi connectivity index (χ1) is 7.38. The van der Waals surface area contributed by atoms with Crippen LogP contribution in [0.1, 0.15) is 6.92 Å². The van der Waals surface area contributed by atoms with Gasteiger partial charge in [0.1, 0.15) is 17.3 Å². The Bertz CT molecular complexity index is 456. The fraction of sp³-hybridized carbons (Fsp3) is 0.333. The highest BCUT2D eigenvalue weighted by Crippen LogP contribution is 2.20. The van der Waals surface area contributed by atoms with E-state index in [1.165, 1.54) is 6.92 Å². The summed E-state index contributed by atoms with van der Waals surface area (Å²) in [6.07, 6.45) is 0. The highest BCUT2D eigenvalue weighted by molar-refractivity contribution is 7.93. The number of nitrogens with two attached hydrogens (primary N) is 1. The van der Waals surface area contributed by atoms with E-state index in [1.54, 1.807) is 0 Å². The fourth-order valence-electron chi connectivity index (χ4n) is 0.965. The predicted octanol–water partition coefficient (Wildman–Crippen LogP) is 1.05. The zero-order valence-electron chi connectivity index (χ0n) is 8.57. The zero-order chi connectivity index (χ0) is 12.3. The first-order valence-corrected chi connectivity index (χ1v) is 6.09. The standard InChI is InChI=1S/C9H12F2N2O2S/c1-6(5-12)16(14,15)13-9-7(10)3-2-4-8(9)11/h2-4,6,13H,5,12H2,1H3. The van der Waals surface area contributed by atoms with Crippen LogP contribution in [0, 0.1) is 11.6 Å². The van der Waals surface area contributed by atoms with Crippen molar-refractivity contribution < 1.29 is 17.2 Å². The van der Waals surface area contributed by atoms with Gasteiger partial charge in [0.2, 0.25) is 10.0 Å². The number of rotatable bonds is 4. The monoisotopic (exact) mass is 250 g/mol. The summed E-state index contributed by atoms with van der Waals surface area (Å²) in [4.78, 5) is 0.